The van der Waals surface area contributed by atoms with Gasteiger partial charge in [0.15, 0.2) is 5.78 Å². The number of anilines is 1. The number of nitrogens with one attached hydrogen (secondary N) is 1. The van der Waals surface area contributed by atoms with Gasteiger partial charge in [0.05, 0.1) is 0 Å². The largest absolute Gasteiger partial charge is 0.480 e. The Kier molecular flexibility index (Phi) is 4.66. The Morgan fingerprint density at radius 3 is 2.24 bits per heavy atom. The van der Waals surface area contributed by atoms with Gasteiger partial charge in [0.1, 0.15) is 11.9 Å². The molecule has 5 heteroatoms. The molecule has 0 aliphatic carbocycles. The van der Waals surface area contributed by atoms with Crippen molar-refractivity contribution < 1.29 is 19.1 Å². The van der Waals surface area contributed by atoms with Crippen LogP contribution in [-0.2, 0) is 4.79 Å². The zero-order chi connectivity index (χ0) is 15.2. The molecule has 4 nitrogen and oxygen atoms in total. The third kappa shape index (κ3) is 4.14. The summed E-state index contributed by atoms with van der Waals surface area (Å²) >= 11 is 0. The van der Waals surface area contributed by atoms with E-state index in [2.05, 4.69) is 5.32 Å². The summed E-state index contributed by atoms with van der Waals surface area (Å²) in [6, 6.07) is 12.7. The molecule has 0 amide bonds. The van der Waals surface area contributed by atoms with Gasteiger partial charge in [-0.25, -0.2) is 9.18 Å². The number of rotatable bonds is 6. The van der Waals surface area contributed by atoms with Crippen molar-refractivity contribution in [2.45, 2.75) is 12.5 Å². The summed E-state index contributed by atoms with van der Waals surface area (Å²) in [5.41, 5.74) is 0.911. The molecule has 1 atom stereocenters. The molecule has 0 unspecified atom stereocenters. The topological polar surface area (TPSA) is 66.4 Å². The molecule has 0 spiro atoms. The average Bonchev–Trinajstić information content (AvgIpc) is 2.49. The number of benzene rings is 2. The minimum absolute atomic E-state index is 0.184. The van der Waals surface area contributed by atoms with Crippen molar-refractivity contribution in [2.24, 2.45) is 0 Å². The van der Waals surface area contributed by atoms with Crippen LogP contribution in [0.1, 0.15) is 16.8 Å². The van der Waals surface area contributed by atoms with Crippen molar-refractivity contribution in [3.05, 3.63) is 66.0 Å². The average molecular weight is 287 g/mol. The molecular formula is C16H14FNO3. The molecule has 2 rings (SSSR count). The van der Waals surface area contributed by atoms with Gasteiger partial charge in [-0.1, -0.05) is 30.3 Å². The van der Waals surface area contributed by atoms with Crippen molar-refractivity contribution >= 4 is 17.4 Å². The number of ketones is 1. The van der Waals surface area contributed by atoms with Crippen LogP contribution < -0.4 is 5.32 Å². The lowest BCUT2D eigenvalue weighted by atomic mass is 10.0. The number of halogens is 1. The second-order valence-electron chi connectivity index (χ2n) is 4.54. The third-order valence-corrected chi connectivity index (χ3v) is 2.97. The van der Waals surface area contributed by atoms with Crippen molar-refractivity contribution in [2.75, 3.05) is 5.32 Å². The van der Waals surface area contributed by atoms with Crippen LogP contribution in [0.3, 0.4) is 0 Å². The Morgan fingerprint density at radius 1 is 1.05 bits per heavy atom. The number of Topliss-reactive ketones (excluding diaryl/α,β-unsaturated/α-hetero) is 1. The molecule has 2 aromatic rings. The molecule has 0 aliphatic rings. The molecule has 0 saturated heterocycles. The molecule has 0 radical (unpaired) electrons. The Labute approximate surface area is 121 Å². The predicted octanol–water partition coefficient (Wildman–Crippen LogP) is 2.96. The minimum Gasteiger partial charge on any atom is -0.480 e. The van der Waals surface area contributed by atoms with Gasteiger partial charge >= 0.3 is 5.97 Å². The summed E-state index contributed by atoms with van der Waals surface area (Å²) in [5, 5.41) is 11.9. The zero-order valence-electron chi connectivity index (χ0n) is 11.1. The number of carboxylic acids is 1. The second-order valence-corrected chi connectivity index (χ2v) is 4.54. The molecule has 0 heterocycles. The fourth-order valence-corrected chi connectivity index (χ4v) is 1.87. The van der Waals surface area contributed by atoms with Crippen molar-refractivity contribution in [1.29, 1.82) is 0 Å². The van der Waals surface area contributed by atoms with E-state index in [9.17, 15) is 19.1 Å². The first-order valence-corrected chi connectivity index (χ1v) is 6.39. The quantitative estimate of drug-likeness (QED) is 0.802. The zero-order valence-corrected chi connectivity index (χ0v) is 11.1. The molecule has 2 aromatic carbocycles. The first kappa shape index (κ1) is 14.7. The van der Waals surface area contributed by atoms with E-state index in [1.165, 1.54) is 24.3 Å². The van der Waals surface area contributed by atoms with E-state index in [0.717, 1.165) is 0 Å². The van der Waals surface area contributed by atoms with Crippen LogP contribution in [0.15, 0.2) is 54.6 Å². The van der Waals surface area contributed by atoms with Gasteiger partial charge in [-0.05, 0) is 24.3 Å². The highest BCUT2D eigenvalue weighted by atomic mass is 19.1. The molecular weight excluding hydrogens is 273 g/mol. The van der Waals surface area contributed by atoms with Gasteiger partial charge in [0.2, 0.25) is 0 Å². The Hall–Kier alpha value is -2.69. The lowest BCUT2D eigenvalue weighted by Gasteiger charge is -2.15. The van der Waals surface area contributed by atoms with Gasteiger partial charge in [-0.2, -0.15) is 0 Å². The van der Waals surface area contributed by atoms with Crippen LogP contribution in [0.5, 0.6) is 0 Å². The maximum atomic E-state index is 12.8. The number of carboxylic acid groups (broad SMARTS) is 1. The van der Waals surface area contributed by atoms with Crippen LogP contribution >= 0.6 is 0 Å². The molecule has 0 saturated carbocycles. The van der Waals surface area contributed by atoms with Gasteiger partial charge < -0.3 is 10.4 Å². The molecule has 21 heavy (non-hydrogen) atoms. The Balaban J connectivity index is 2.07. The van der Waals surface area contributed by atoms with E-state index >= 15 is 0 Å². The van der Waals surface area contributed by atoms with Gasteiger partial charge in [0.25, 0.3) is 0 Å². The van der Waals surface area contributed by atoms with Gasteiger partial charge in [0, 0.05) is 17.7 Å². The van der Waals surface area contributed by atoms with Crippen LogP contribution in [0, 0.1) is 5.82 Å². The summed E-state index contributed by atoms with van der Waals surface area (Å²) in [7, 11) is 0. The SMILES string of the molecule is O=C(C[C@@H](Nc1ccc(F)cc1)C(=O)O)c1ccccc1. The summed E-state index contributed by atoms with van der Waals surface area (Å²) in [5.74, 6) is -1.81. The number of aliphatic carboxylic acids is 1. The lowest BCUT2D eigenvalue weighted by Crippen LogP contribution is -2.31. The fourth-order valence-electron chi connectivity index (χ4n) is 1.87. The Bertz CT molecular complexity index is 626. The first-order chi connectivity index (χ1) is 10.1. The maximum Gasteiger partial charge on any atom is 0.326 e. The molecule has 0 fully saturated rings. The third-order valence-electron chi connectivity index (χ3n) is 2.97. The van der Waals surface area contributed by atoms with E-state index in [1.54, 1.807) is 30.3 Å². The van der Waals surface area contributed by atoms with Crippen LogP contribution in [0.2, 0.25) is 0 Å². The predicted molar refractivity (Wildman–Crippen MR) is 76.8 cm³/mol. The molecule has 108 valence electrons. The van der Waals surface area contributed by atoms with Crippen LogP contribution in [0.4, 0.5) is 10.1 Å². The van der Waals surface area contributed by atoms with Gasteiger partial charge in [-0.15, -0.1) is 0 Å². The van der Waals surface area contributed by atoms with Gasteiger partial charge in [-0.3, -0.25) is 4.79 Å². The van der Waals surface area contributed by atoms with E-state index in [0.29, 0.717) is 11.3 Å². The first-order valence-electron chi connectivity index (χ1n) is 6.39. The van der Waals surface area contributed by atoms with E-state index < -0.39 is 17.8 Å². The van der Waals surface area contributed by atoms with Crippen molar-refractivity contribution in [1.82, 2.24) is 0 Å². The number of carbonyl (C=O) groups is 2. The number of hydrogen-bond acceptors (Lipinski definition) is 3. The summed E-state index contributed by atoms with van der Waals surface area (Å²) in [6.45, 7) is 0. The van der Waals surface area contributed by atoms with E-state index in [1.807, 2.05) is 0 Å². The number of hydrogen-bond donors (Lipinski definition) is 2. The highest BCUT2D eigenvalue weighted by molar-refractivity contribution is 5.99. The maximum absolute atomic E-state index is 12.8. The lowest BCUT2D eigenvalue weighted by molar-refractivity contribution is -0.137. The highest BCUT2D eigenvalue weighted by Gasteiger charge is 2.21. The minimum atomic E-state index is -1.14. The monoisotopic (exact) mass is 287 g/mol. The van der Waals surface area contributed by atoms with E-state index in [4.69, 9.17) is 0 Å². The molecule has 2 N–H and O–H groups in total. The summed E-state index contributed by atoms with van der Waals surface area (Å²) < 4.78 is 12.8. The van der Waals surface area contributed by atoms with Crippen LogP contribution in [0.25, 0.3) is 0 Å². The highest BCUT2D eigenvalue weighted by Crippen LogP contribution is 2.13. The van der Waals surface area contributed by atoms with Crippen LogP contribution in [-0.4, -0.2) is 22.9 Å². The summed E-state index contributed by atoms with van der Waals surface area (Å²) in [6.07, 6.45) is -0.184. The smallest absolute Gasteiger partial charge is 0.326 e. The van der Waals surface area contributed by atoms with Crippen molar-refractivity contribution in [3.63, 3.8) is 0 Å². The number of carbonyl (C=O) groups excluding carboxylic acids is 1. The molecule has 0 bridgehead atoms. The second kappa shape index (κ2) is 6.65. The van der Waals surface area contributed by atoms with E-state index in [-0.39, 0.29) is 12.2 Å². The fraction of sp³-hybridized carbons (Fsp3) is 0.125. The summed E-state index contributed by atoms with van der Waals surface area (Å²) in [4.78, 5) is 23.3. The standard InChI is InChI=1S/C16H14FNO3/c17-12-6-8-13(9-7-12)18-14(16(20)21)10-15(19)11-4-2-1-3-5-11/h1-9,14,18H,10H2,(H,20,21)/t14-/m1/s1. The molecule has 0 aromatic heterocycles. The Morgan fingerprint density at radius 2 is 1.67 bits per heavy atom. The molecule has 0 aliphatic heterocycles. The van der Waals surface area contributed by atoms with Crippen molar-refractivity contribution in [3.8, 4) is 0 Å². The normalized spacial score (nSPS) is 11.7.